The van der Waals surface area contributed by atoms with E-state index in [-0.39, 0.29) is 11.5 Å². The van der Waals surface area contributed by atoms with Crippen LogP contribution in [0, 0.1) is 6.92 Å². The van der Waals surface area contributed by atoms with Gasteiger partial charge in [-0.3, -0.25) is 14.2 Å². The van der Waals surface area contributed by atoms with Crippen LogP contribution in [0.4, 0.5) is 5.69 Å². The van der Waals surface area contributed by atoms with Crippen molar-refractivity contribution in [3.8, 4) is 5.69 Å². The van der Waals surface area contributed by atoms with Crippen LogP contribution in [0.2, 0.25) is 0 Å². The van der Waals surface area contributed by atoms with Gasteiger partial charge in [-0.1, -0.05) is 12.1 Å². The highest BCUT2D eigenvalue weighted by Crippen LogP contribution is 2.13. The SMILES string of the molecule is CC(=O)Nc1cccc(-n2cc(C)ccc2=O)c1. The molecular formula is C14H14N2O2. The van der Waals surface area contributed by atoms with Gasteiger partial charge in [0.15, 0.2) is 0 Å². The van der Waals surface area contributed by atoms with Crippen LogP contribution >= 0.6 is 0 Å². The van der Waals surface area contributed by atoms with Crippen molar-refractivity contribution in [2.75, 3.05) is 5.32 Å². The Hall–Kier alpha value is -2.36. The van der Waals surface area contributed by atoms with Crippen LogP contribution in [0.25, 0.3) is 5.69 Å². The molecule has 2 aromatic rings. The minimum absolute atomic E-state index is 0.0967. The fourth-order valence-corrected chi connectivity index (χ4v) is 1.73. The second-order valence-corrected chi connectivity index (χ2v) is 4.15. The van der Waals surface area contributed by atoms with Crippen LogP contribution in [-0.4, -0.2) is 10.5 Å². The summed E-state index contributed by atoms with van der Waals surface area (Å²) >= 11 is 0. The van der Waals surface area contributed by atoms with E-state index < -0.39 is 0 Å². The normalized spacial score (nSPS) is 10.1. The van der Waals surface area contributed by atoms with Crippen molar-refractivity contribution in [3.63, 3.8) is 0 Å². The molecule has 0 saturated carbocycles. The number of anilines is 1. The lowest BCUT2D eigenvalue weighted by Gasteiger charge is -2.08. The molecule has 0 spiro atoms. The van der Waals surface area contributed by atoms with Crippen molar-refractivity contribution in [2.24, 2.45) is 0 Å². The van der Waals surface area contributed by atoms with Gasteiger partial charge >= 0.3 is 0 Å². The number of rotatable bonds is 2. The predicted molar refractivity (Wildman–Crippen MR) is 71.1 cm³/mol. The molecule has 1 amide bonds. The molecule has 18 heavy (non-hydrogen) atoms. The van der Waals surface area contributed by atoms with E-state index in [0.717, 1.165) is 11.3 Å². The third-order valence-electron chi connectivity index (χ3n) is 2.50. The number of nitrogens with one attached hydrogen (secondary N) is 1. The molecule has 0 saturated heterocycles. The number of carbonyl (C=O) groups is 1. The van der Waals surface area contributed by atoms with Crippen LogP contribution in [0.15, 0.2) is 47.4 Å². The Morgan fingerprint density at radius 1 is 1.22 bits per heavy atom. The summed E-state index contributed by atoms with van der Waals surface area (Å²) in [5, 5.41) is 2.69. The standard InChI is InChI=1S/C14H14N2O2/c1-10-6-7-14(18)16(9-10)13-5-3-4-12(8-13)15-11(2)17/h3-9H,1-2H3,(H,15,17). The molecule has 0 radical (unpaired) electrons. The zero-order chi connectivity index (χ0) is 13.1. The van der Waals surface area contributed by atoms with Gasteiger partial charge in [0.2, 0.25) is 5.91 Å². The van der Waals surface area contributed by atoms with Gasteiger partial charge in [-0.05, 0) is 30.7 Å². The Morgan fingerprint density at radius 2 is 2.00 bits per heavy atom. The molecule has 0 bridgehead atoms. The first-order chi connectivity index (χ1) is 8.56. The quantitative estimate of drug-likeness (QED) is 0.876. The minimum Gasteiger partial charge on any atom is -0.326 e. The first-order valence-corrected chi connectivity index (χ1v) is 5.63. The Morgan fingerprint density at radius 3 is 2.72 bits per heavy atom. The number of pyridine rings is 1. The molecule has 4 nitrogen and oxygen atoms in total. The second kappa shape index (κ2) is 4.87. The van der Waals surface area contributed by atoms with E-state index in [1.54, 1.807) is 35.0 Å². The summed E-state index contributed by atoms with van der Waals surface area (Å²) in [6.07, 6.45) is 1.77. The zero-order valence-corrected chi connectivity index (χ0v) is 10.3. The van der Waals surface area contributed by atoms with Gasteiger partial charge in [-0.2, -0.15) is 0 Å². The third-order valence-corrected chi connectivity index (χ3v) is 2.50. The van der Waals surface area contributed by atoms with E-state index in [2.05, 4.69) is 5.32 Å². The summed E-state index contributed by atoms with van der Waals surface area (Å²) in [6.45, 7) is 3.37. The van der Waals surface area contributed by atoms with Crippen molar-refractivity contribution in [2.45, 2.75) is 13.8 Å². The molecule has 1 aromatic heterocycles. The maximum atomic E-state index is 11.8. The van der Waals surface area contributed by atoms with Crippen LogP contribution in [0.5, 0.6) is 0 Å². The third kappa shape index (κ3) is 2.66. The molecule has 0 aliphatic carbocycles. The number of nitrogens with zero attached hydrogens (tertiary/aromatic N) is 1. The molecule has 4 heteroatoms. The van der Waals surface area contributed by atoms with E-state index in [1.807, 2.05) is 13.0 Å². The van der Waals surface area contributed by atoms with E-state index in [0.29, 0.717) is 5.69 Å². The lowest BCUT2D eigenvalue weighted by molar-refractivity contribution is -0.114. The Kier molecular flexibility index (Phi) is 3.28. The molecule has 0 aliphatic heterocycles. The average Bonchev–Trinajstić information content (AvgIpc) is 2.32. The molecule has 0 atom stereocenters. The van der Waals surface area contributed by atoms with Crippen molar-refractivity contribution >= 4 is 11.6 Å². The van der Waals surface area contributed by atoms with Gasteiger partial charge in [-0.15, -0.1) is 0 Å². The number of aromatic nitrogens is 1. The van der Waals surface area contributed by atoms with Crippen LogP contribution in [-0.2, 0) is 4.79 Å². The van der Waals surface area contributed by atoms with Gasteiger partial charge in [0, 0.05) is 24.9 Å². The first kappa shape index (κ1) is 12.1. The molecule has 0 aliphatic rings. The number of aryl methyl sites for hydroxylation is 1. The fraction of sp³-hybridized carbons (Fsp3) is 0.143. The minimum atomic E-state index is -0.135. The highest BCUT2D eigenvalue weighted by atomic mass is 16.1. The summed E-state index contributed by atoms with van der Waals surface area (Å²) < 4.78 is 1.56. The summed E-state index contributed by atoms with van der Waals surface area (Å²) in [4.78, 5) is 22.8. The Labute approximate surface area is 105 Å². The van der Waals surface area contributed by atoms with Gasteiger partial charge < -0.3 is 5.32 Å². The number of carbonyl (C=O) groups excluding carboxylic acids is 1. The van der Waals surface area contributed by atoms with Crippen molar-refractivity contribution in [1.29, 1.82) is 0 Å². The molecule has 0 unspecified atom stereocenters. The summed E-state index contributed by atoms with van der Waals surface area (Å²) in [6, 6.07) is 10.5. The monoisotopic (exact) mass is 242 g/mol. The lowest BCUT2D eigenvalue weighted by Crippen LogP contribution is -2.16. The Balaban J connectivity index is 2.47. The summed E-state index contributed by atoms with van der Waals surface area (Å²) in [5.41, 5.74) is 2.31. The number of hydrogen-bond donors (Lipinski definition) is 1. The zero-order valence-electron chi connectivity index (χ0n) is 10.3. The van der Waals surface area contributed by atoms with E-state index in [4.69, 9.17) is 0 Å². The molecular weight excluding hydrogens is 228 g/mol. The molecule has 0 fully saturated rings. The van der Waals surface area contributed by atoms with Gasteiger partial charge in [0.25, 0.3) is 5.56 Å². The van der Waals surface area contributed by atoms with Gasteiger partial charge in [0.05, 0.1) is 5.69 Å². The number of hydrogen-bond acceptors (Lipinski definition) is 2. The molecule has 92 valence electrons. The molecule has 1 aromatic carbocycles. The molecule has 1 heterocycles. The number of benzene rings is 1. The Bertz CT molecular complexity index is 644. The van der Waals surface area contributed by atoms with Crippen LogP contribution in [0.3, 0.4) is 0 Å². The van der Waals surface area contributed by atoms with E-state index in [1.165, 1.54) is 13.0 Å². The lowest BCUT2D eigenvalue weighted by atomic mass is 10.2. The van der Waals surface area contributed by atoms with Gasteiger partial charge in [0.1, 0.15) is 0 Å². The molecule has 2 rings (SSSR count). The van der Waals surface area contributed by atoms with E-state index >= 15 is 0 Å². The van der Waals surface area contributed by atoms with Crippen LogP contribution in [0.1, 0.15) is 12.5 Å². The van der Waals surface area contributed by atoms with Crippen LogP contribution < -0.4 is 10.9 Å². The van der Waals surface area contributed by atoms with Crippen molar-refractivity contribution < 1.29 is 4.79 Å². The summed E-state index contributed by atoms with van der Waals surface area (Å²) in [5.74, 6) is -0.135. The summed E-state index contributed by atoms with van der Waals surface area (Å²) in [7, 11) is 0. The largest absolute Gasteiger partial charge is 0.326 e. The van der Waals surface area contributed by atoms with Gasteiger partial charge in [-0.25, -0.2) is 0 Å². The molecule has 1 N–H and O–H groups in total. The highest BCUT2D eigenvalue weighted by molar-refractivity contribution is 5.88. The van der Waals surface area contributed by atoms with Crippen molar-refractivity contribution in [3.05, 3.63) is 58.5 Å². The predicted octanol–water partition coefficient (Wildman–Crippen LogP) is 2.10. The fourth-order valence-electron chi connectivity index (χ4n) is 1.73. The first-order valence-electron chi connectivity index (χ1n) is 5.63. The average molecular weight is 242 g/mol. The van der Waals surface area contributed by atoms with Crippen molar-refractivity contribution in [1.82, 2.24) is 4.57 Å². The maximum Gasteiger partial charge on any atom is 0.255 e. The maximum absolute atomic E-state index is 11.8. The number of amides is 1. The topological polar surface area (TPSA) is 51.1 Å². The second-order valence-electron chi connectivity index (χ2n) is 4.15. The van der Waals surface area contributed by atoms with E-state index in [9.17, 15) is 9.59 Å². The highest BCUT2D eigenvalue weighted by Gasteiger charge is 2.02. The smallest absolute Gasteiger partial charge is 0.255 e.